The number of amides is 4. The van der Waals surface area contributed by atoms with Crippen molar-refractivity contribution in [1.82, 2.24) is 77.7 Å². The SMILES string of the molecule is CCCCCN1CCc2c(nc(-n3c(C)cc4c(C(N)=O)cccc43)nc2NCc2ccccc2)C1.CCCCCN1CCc2nc(-n3c(C)cc4c(C(N)=O)cccc43)nc(NCc3ccccc3)c2C1.Cc1cc2c(C(N)=O)cccc2n1-c1nc2c(c(NCc3ccccc3)n1)CCN(CCCCO)C2.Cc1cc2c(C(N)=O)cccc2n1-c1nc2c(c(NCc3ccccc3)n1)CCN(CCCS(C)(=O)=O)C2. The van der Waals surface area contributed by atoms with Crippen molar-refractivity contribution < 1.29 is 32.7 Å². The molecule has 0 unspecified atom stereocenters. The number of hydrogen-bond donors (Lipinski definition) is 9. The summed E-state index contributed by atoms with van der Waals surface area (Å²) < 4.78 is 31.2. The van der Waals surface area contributed by atoms with Crippen LogP contribution in [0.25, 0.3) is 67.4 Å². The van der Waals surface area contributed by atoms with Crippen molar-refractivity contribution >= 4 is 100 Å². The van der Waals surface area contributed by atoms with Gasteiger partial charge in [-0.25, -0.2) is 28.4 Å². The number of aliphatic hydroxyl groups is 1. The fourth-order valence-electron chi connectivity index (χ4n) is 20.3. The molecular weight excluding hydrogens is 1850 g/mol. The minimum atomic E-state index is -3.00. The van der Waals surface area contributed by atoms with Gasteiger partial charge in [-0.3, -0.25) is 57.0 Å². The van der Waals surface area contributed by atoms with Crippen molar-refractivity contribution in [2.75, 3.05) is 92.2 Å². The van der Waals surface area contributed by atoms with E-state index in [2.05, 4.69) is 128 Å². The van der Waals surface area contributed by atoms with E-state index in [-0.39, 0.29) is 12.4 Å². The van der Waals surface area contributed by atoms with Crippen LogP contribution in [-0.4, -0.2) is 186 Å². The number of nitrogens with one attached hydrogen (secondary N) is 4. The van der Waals surface area contributed by atoms with Crippen LogP contribution in [0.15, 0.2) is 218 Å². The molecule has 0 bridgehead atoms. The summed E-state index contributed by atoms with van der Waals surface area (Å²) in [6.45, 7) is 26.0. The van der Waals surface area contributed by atoms with Gasteiger partial charge < -0.3 is 49.3 Å². The molecule has 146 heavy (non-hydrogen) atoms. The van der Waals surface area contributed by atoms with E-state index >= 15 is 0 Å². The lowest BCUT2D eigenvalue weighted by molar-refractivity contribution is 0.0993. The number of primary amides is 4. The number of carbonyl (C=O) groups excluding carboxylic acids is 4. The molecule has 756 valence electrons. The zero-order valence-electron chi connectivity index (χ0n) is 84.5. The first kappa shape index (κ1) is 103. The summed E-state index contributed by atoms with van der Waals surface area (Å²) in [6, 6.07) is 71.3. The van der Waals surface area contributed by atoms with Crippen LogP contribution in [0.4, 0.5) is 23.3 Å². The summed E-state index contributed by atoms with van der Waals surface area (Å²) in [6.07, 6.45) is 14.4. The number of carbonyl (C=O) groups is 4. The topological polar surface area (TPSA) is 411 Å². The van der Waals surface area contributed by atoms with Gasteiger partial charge >= 0.3 is 0 Å². The number of aryl methyl sites for hydroxylation is 4. The van der Waals surface area contributed by atoms with E-state index in [1.165, 1.54) is 72.6 Å². The minimum absolute atomic E-state index is 0.173. The van der Waals surface area contributed by atoms with Gasteiger partial charge in [0.05, 0.1) is 50.6 Å². The highest BCUT2D eigenvalue weighted by Crippen LogP contribution is 2.38. The molecule has 0 saturated carbocycles. The van der Waals surface area contributed by atoms with Gasteiger partial charge in [0.2, 0.25) is 47.4 Å². The quantitative estimate of drug-likeness (QED) is 0.0165. The molecule has 8 aromatic heterocycles. The molecule has 0 saturated heterocycles. The Bertz CT molecular complexity index is 7280. The first-order valence-corrected chi connectivity index (χ1v) is 52.9. The number of aromatic nitrogens is 12. The molecule has 0 fully saturated rings. The number of hydrogen-bond acceptors (Lipinski definition) is 23. The minimum Gasteiger partial charge on any atom is -0.396 e. The number of rotatable bonds is 36. The Morgan fingerprint density at radius 3 is 0.870 bits per heavy atom. The van der Waals surface area contributed by atoms with Crippen molar-refractivity contribution in [1.29, 1.82) is 0 Å². The molecule has 4 aliphatic rings. The van der Waals surface area contributed by atoms with Crippen molar-refractivity contribution in [2.24, 2.45) is 22.9 Å². The van der Waals surface area contributed by atoms with Gasteiger partial charge in [-0.2, -0.15) is 19.9 Å². The lowest BCUT2D eigenvalue weighted by atomic mass is 10.0. The first-order valence-electron chi connectivity index (χ1n) is 50.9. The lowest BCUT2D eigenvalue weighted by Gasteiger charge is -2.30. The monoisotopic (exact) mass is 1980 g/mol. The molecule has 0 aliphatic carbocycles. The maximum absolute atomic E-state index is 12.1. The molecule has 12 heterocycles. The van der Waals surface area contributed by atoms with Gasteiger partial charge in [-0.1, -0.05) is 185 Å². The third-order valence-electron chi connectivity index (χ3n) is 27.7. The van der Waals surface area contributed by atoms with Gasteiger partial charge in [0.25, 0.3) is 0 Å². The molecule has 0 radical (unpaired) electrons. The van der Waals surface area contributed by atoms with E-state index in [4.69, 9.17) is 62.8 Å². The van der Waals surface area contributed by atoms with Crippen LogP contribution in [0.2, 0.25) is 0 Å². The van der Waals surface area contributed by atoms with Crippen molar-refractivity contribution in [3.8, 4) is 23.8 Å². The van der Waals surface area contributed by atoms with E-state index in [1.807, 2.05) is 167 Å². The second-order valence-corrected chi connectivity index (χ2v) is 40.6. The third kappa shape index (κ3) is 24.3. The number of benzene rings is 8. The molecule has 13 N–H and O–H groups in total. The standard InChI is InChI=1S/2C29H34N6O.C28H32N6O3S.C28H32N6O2/c1-3-4-8-15-34-16-14-25-24(19-34)28(31-18-21-10-6-5-7-11-21)33-29(32-25)35-20(2)17-23-22(27(30)36)12-9-13-26(23)35;1-3-4-8-15-34-16-14-23-25(19-34)32-29(33-28(23)31-18-21-10-6-5-7-11-21)35-20(2)17-24-22(27(30)36)12-9-13-26(24)35;1-19-16-23-21(26(29)35)10-6-11-25(23)34(19)28-31-24-18-33(13-7-15-38(2,36)37)14-12-22(24)27(32-28)30-17-20-8-4-3-5-9-20;1-19-16-23-21(26(29)36)10-7-11-25(23)34(19)28-31-24-18-33(13-5-6-15-35)14-12-22(24)27(32-28)30-17-20-8-3-2-4-9-20/h2*5-7,9-13,17H,3-4,8,14-16,18-19H2,1-2H3,(H2,30,36)(H,31,32,33);3-6,8-11,16H,7,12-15,17-18H2,1-2H3,(H2,29,35)(H,30,31,32);2-4,7-11,16,35H,5-6,12-15,17-18H2,1H3,(H2,29,36)(H,30,31,32). The average molecular weight is 1980 g/mol. The maximum Gasteiger partial charge on any atom is 0.249 e. The fraction of sp³-hybridized carbons (Fsp3) is 0.333. The van der Waals surface area contributed by atoms with Gasteiger partial charge in [-0.15, -0.1) is 0 Å². The molecule has 16 aromatic rings. The molecule has 8 aromatic carbocycles. The Balaban J connectivity index is 0.000000133. The summed E-state index contributed by atoms with van der Waals surface area (Å²) in [5.41, 5.74) is 45.2. The normalized spacial score (nSPS) is 13.7. The second kappa shape index (κ2) is 47.3. The average Bonchev–Trinajstić information content (AvgIpc) is 1.62. The number of unbranched alkanes of at least 4 members (excludes halogenated alkanes) is 5. The van der Waals surface area contributed by atoms with Gasteiger partial charge in [-0.05, 0) is 200 Å². The molecule has 20 rings (SSSR count). The number of sulfone groups is 1. The first-order chi connectivity index (χ1) is 70.8. The predicted molar refractivity (Wildman–Crippen MR) is 579 cm³/mol. The van der Waals surface area contributed by atoms with Crippen LogP contribution in [0.5, 0.6) is 0 Å². The van der Waals surface area contributed by atoms with E-state index in [0.29, 0.717) is 91.7 Å². The summed E-state index contributed by atoms with van der Waals surface area (Å²) in [4.78, 5) is 98.1. The number of fused-ring (bicyclic) bond motifs is 8. The van der Waals surface area contributed by atoms with E-state index in [9.17, 15) is 32.7 Å². The zero-order chi connectivity index (χ0) is 102. The number of nitrogens with zero attached hydrogens (tertiary/aromatic N) is 16. The molecule has 4 aliphatic heterocycles. The summed E-state index contributed by atoms with van der Waals surface area (Å²) in [5.74, 6) is 4.13. The van der Waals surface area contributed by atoms with E-state index < -0.39 is 33.5 Å². The molecular formula is C114H132N24O7S. The Labute approximate surface area is 852 Å². The highest BCUT2D eigenvalue weighted by molar-refractivity contribution is 7.90. The lowest BCUT2D eigenvalue weighted by Crippen LogP contribution is -2.34. The van der Waals surface area contributed by atoms with Crippen LogP contribution < -0.4 is 44.2 Å². The molecule has 0 atom stereocenters. The van der Waals surface area contributed by atoms with E-state index in [0.717, 1.165) is 233 Å². The molecule has 31 nitrogen and oxygen atoms in total. The van der Waals surface area contributed by atoms with Crippen molar-refractivity contribution in [3.05, 3.63) is 331 Å². The van der Waals surface area contributed by atoms with Crippen LogP contribution in [0.1, 0.15) is 203 Å². The summed E-state index contributed by atoms with van der Waals surface area (Å²) in [7, 11) is -3.00. The number of aliphatic hydroxyl groups excluding tert-OH is 1. The van der Waals surface area contributed by atoms with Crippen LogP contribution >= 0.6 is 0 Å². The van der Waals surface area contributed by atoms with Gasteiger partial charge in [0, 0.05) is 187 Å². The Morgan fingerprint density at radius 1 is 0.322 bits per heavy atom. The summed E-state index contributed by atoms with van der Waals surface area (Å²) in [5, 5.41) is 26.7. The summed E-state index contributed by atoms with van der Waals surface area (Å²) >= 11 is 0. The maximum atomic E-state index is 12.1. The Morgan fingerprint density at radius 2 is 0.589 bits per heavy atom. The van der Waals surface area contributed by atoms with E-state index in [1.54, 1.807) is 24.3 Å². The van der Waals surface area contributed by atoms with Crippen molar-refractivity contribution in [3.63, 3.8) is 0 Å². The number of anilines is 4. The predicted octanol–water partition coefficient (Wildman–Crippen LogP) is 16.8. The molecule has 0 spiro atoms. The highest BCUT2D eigenvalue weighted by atomic mass is 32.2. The van der Waals surface area contributed by atoms with Crippen molar-refractivity contribution in [2.45, 2.75) is 177 Å². The largest absolute Gasteiger partial charge is 0.396 e. The fourth-order valence-corrected chi connectivity index (χ4v) is 20.9. The van der Waals surface area contributed by atoms with Crippen LogP contribution in [-0.2, 0) is 87.9 Å². The molecule has 32 heteroatoms. The smallest absolute Gasteiger partial charge is 0.249 e. The second-order valence-electron chi connectivity index (χ2n) is 38.4. The zero-order valence-corrected chi connectivity index (χ0v) is 85.3. The number of nitrogens with two attached hydrogens (primary N) is 4. The molecule has 4 amide bonds. The Kier molecular flexibility index (Phi) is 33.2. The Hall–Kier alpha value is -14.9. The van der Waals surface area contributed by atoms with Gasteiger partial charge in [0.1, 0.15) is 33.1 Å². The van der Waals surface area contributed by atoms with Gasteiger partial charge in [0.15, 0.2) is 0 Å². The van der Waals surface area contributed by atoms with Crippen LogP contribution in [0, 0.1) is 27.7 Å². The third-order valence-corrected chi connectivity index (χ3v) is 28.8. The van der Waals surface area contributed by atoms with Crippen LogP contribution in [0.3, 0.4) is 0 Å². The highest BCUT2D eigenvalue weighted by Gasteiger charge is 2.32.